The van der Waals surface area contributed by atoms with Crippen LogP contribution in [0.4, 0.5) is 0 Å². The molecule has 3 atom stereocenters. The van der Waals surface area contributed by atoms with E-state index in [0.717, 1.165) is 17.3 Å². The van der Waals surface area contributed by atoms with Crippen LogP contribution in [0, 0.1) is 17.3 Å². The molecule has 2 rings (SSSR count). The van der Waals surface area contributed by atoms with Gasteiger partial charge in [-0.2, -0.15) is 0 Å². The smallest absolute Gasteiger partial charge is 0.0260 e. The van der Waals surface area contributed by atoms with Crippen molar-refractivity contribution in [3.63, 3.8) is 0 Å². The van der Waals surface area contributed by atoms with Crippen LogP contribution in [-0.4, -0.2) is 0 Å². The first-order valence-corrected chi connectivity index (χ1v) is 4.90. The zero-order chi connectivity index (χ0) is 7.90. The molecule has 0 heteroatoms. The highest BCUT2D eigenvalue weighted by atomic mass is 14.6. The summed E-state index contributed by atoms with van der Waals surface area (Å²) in [7, 11) is 0. The topological polar surface area (TPSA) is 0 Å². The highest BCUT2D eigenvalue weighted by Crippen LogP contribution is 2.67. The van der Waals surface area contributed by atoms with Crippen LogP contribution in [0.15, 0.2) is 12.7 Å². The molecule has 0 aromatic rings. The third kappa shape index (κ3) is 0.953. The number of allylic oxidation sites excluding steroid dienone is 1. The molecule has 0 aromatic carbocycles. The molecule has 0 radical (unpaired) electrons. The maximum Gasteiger partial charge on any atom is -0.0260 e. The van der Waals surface area contributed by atoms with Gasteiger partial charge < -0.3 is 0 Å². The summed E-state index contributed by atoms with van der Waals surface area (Å²) in [5, 5.41) is 0. The fraction of sp³-hybridized carbons (Fsp3) is 0.818. The minimum Gasteiger partial charge on any atom is -0.103 e. The van der Waals surface area contributed by atoms with E-state index in [0.29, 0.717) is 0 Å². The molecule has 0 bridgehead atoms. The zero-order valence-corrected chi connectivity index (χ0v) is 7.47. The average Bonchev–Trinajstić information content (AvgIpc) is 2.58. The second-order valence-electron chi connectivity index (χ2n) is 4.49. The Morgan fingerprint density at radius 2 is 2.36 bits per heavy atom. The normalized spacial score (nSPS) is 48.1. The lowest BCUT2D eigenvalue weighted by Gasteiger charge is -2.15. The summed E-state index contributed by atoms with van der Waals surface area (Å²) in [6, 6.07) is 0. The van der Waals surface area contributed by atoms with E-state index in [1.165, 1.54) is 32.1 Å². The van der Waals surface area contributed by atoms with Crippen LogP contribution in [0.3, 0.4) is 0 Å². The Labute approximate surface area is 69.7 Å². The quantitative estimate of drug-likeness (QED) is 0.529. The predicted molar refractivity (Wildman–Crippen MR) is 48.4 cm³/mol. The van der Waals surface area contributed by atoms with Crippen molar-refractivity contribution in [1.29, 1.82) is 0 Å². The van der Waals surface area contributed by atoms with E-state index in [1.54, 1.807) is 0 Å². The van der Waals surface area contributed by atoms with Crippen molar-refractivity contribution in [2.24, 2.45) is 17.3 Å². The highest BCUT2D eigenvalue weighted by Gasteiger charge is 2.59. The van der Waals surface area contributed by atoms with Gasteiger partial charge in [-0.3, -0.25) is 0 Å². The summed E-state index contributed by atoms with van der Waals surface area (Å²) in [5.74, 6) is 2.07. The van der Waals surface area contributed by atoms with Crippen LogP contribution in [0.1, 0.15) is 39.0 Å². The summed E-state index contributed by atoms with van der Waals surface area (Å²) < 4.78 is 0. The molecule has 11 heavy (non-hydrogen) atoms. The second kappa shape index (κ2) is 2.36. The van der Waals surface area contributed by atoms with Crippen LogP contribution in [0.5, 0.6) is 0 Å². The van der Waals surface area contributed by atoms with Gasteiger partial charge in [0.05, 0.1) is 0 Å². The molecule has 0 amide bonds. The molecule has 0 N–H and O–H groups in total. The van der Waals surface area contributed by atoms with Crippen LogP contribution >= 0.6 is 0 Å². The standard InChI is InChI=1S/C11H18/c1-3-6-9-10-7-4-5-8-11(9,10)2/h3,9-10H,1,4-8H2,2H3. The molecule has 0 saturated heterocycles. The largest absolute Gasteiger partial charge is 0.103 e. The van der Waals surface area contributed by atoms with Gasteiger partial charge in [-0.1, -0.05) is 25.8 Å². The van der Waals surface area contributed by atoms with Crippen molar-refractivity contribution in [3.05, 3.63) is 12.7 Å². The van der Waals surface area contributed by atoms with Gasteiger partial charge >= 0.3 is 0 Å². The SMILES string of the molecule is C=CCC1C2CCCCC12C. The van der Waals surface area contributed by atoms with Gasteiger partial charge in [0.1, 0.15) is 0 Å². The second-order valence-corrected chi connectivity index (χ2v) is 4.49. The van der Waals surface area contributed by atoms with Crippen molar-refractivity contribution in [3.8, 4) is 0 Å². The van der Waals surface area contributed by atoms with Crippen molar-refractivity contribution in [2.75, 3.05) is 0 Å². The number of fused-ring (bicyclic) bond motifs is 1. The molecular formula is C11H18. The lowest BCUT2D eigenvalue weighted by Crippen LogP contribution is -2.04. The van der Waals surface area contributed by atoms with Gasteiger partial charge in [0.15, 0.2) is 0 Å². The molecule has 62 valence electrons. The van der Waals surface area contributed by atoms with Crippen LogP contribution in [0.25, 0.3) is 0 Å². The van der Waals surface area contributed by atoms with Gasteiger partial charge in [0.2, 0.25) is 0 Å². The number of rotatable bonds is 2. The first-order valence-electron chi connectivity index (χ1n) is 4.90. The van der Waals surface area contributed by atoms with Gasteiger partial charge in [-0.15, -0.1) is 6.58 Å². The third-order valence-corrected chi connectivity index (χ3v) is 3.97. The molecule has 0 nitrogen and oxygen atoms in total. The fourth-order valence-corrected chi connectivity index (χ4v) is 3.15. The van der Waals surface area contributed by atoms with Crippen LogP contribution in [0.2, 0.25) is 0 Å². The Morgan fingerprint density at radius 3 is 2.91 bits per heavy atom. The van der Waals surface area contributed by atoms with E-state index >= 15 is 0 Å². The third-order valence-electron chi connectivity index (χ3n) is 3.97. The van der Waals surface area contributed by atoms with E-state index in [4.69, 9.17) is 0 Å². The van der Waals surface area contributed by atoms with E-state index in [-0.39, 0.29) is 0 Å². The summed E-state index contributed by atoms with van der Waals surface area (Å²) in [4.78, 5) is 0. The summed E-state index contributed by atoms with van der Waals surface area (Å²) in [5.41, 5.74) is 0.742. The van der Waals surface area contributed by atoms with Gasteiger partial charge in [0.25, 0.3) is 0 Å². The summed E-state index contributed by atoms with van der Waals surface area (Å²) >= 11 is 0. The Hall–Kier alpha value is -0.260. The van der Waals surface area contributed by atoms with Crippen LogP contribution < -0.4 is 0 Å². The van der Waals surface area contributed by atoms with E-state index in [2.05, 4.69) is 19.6 Å². The highest BCUT2D eigenvalue weighted by molar-refractivity contribution is 5.10. The fourth-order valence-electron chi connectivity index (χ4n) is 3.15. The summed E-state index contributed by atoms with van der Waals surface area (Å²) in [6.45, 7) is 6.31. The van der Waals surface area contributed by atoms with E-state index in [9.17, 15) is 0 Å². The molecule has 0 aliphatic heterocycles. The van der Waals surface area contributed by atoms with Crippen molar-refractivity contribution >= 4 is 0 Å². The summed E-state index contributed by atoms with van der Waals surface area (Å²) in [6.07, 6.45) is 9.30. The molecule has 0 aromatic heterocycles. The monoisotopic (exact) mass is 150 g/mol. The number of hydrogen-bond acceptors (Lipinski definition) is 0. The van der Waals surface area contributed by atoms with Crippen molar-refractivity contribution < 1.29 is 0 Å². The molecule has 0 heterocycles. The lowest BCUT2D eigenvalue weighted by atomic mass is 9.90. The molecule has 2 saturated carbocycles. The van der Waals surface area contributed by atoms with Crippen LogP contribution in [-0.2, 0) is 0 Å². The Bertz CT molecular complexity index is 171. The molecular weight excluding hydrogens is 132 g/mol. The minimum atomic E-state index is 0.742. The minimum absolute atomic E-state index is 0.742. The molecule has 0 spiro atoms. The maximum absolute atomic E-state index is 3.83. The van der Waals surface area contributed by atoms with Gasteiger partial charge in [-0.25, -0.2) is 0 Å². The molecule has 2 fully saturated rings. The molecule has 2 aliphatic rings. The Morgan fingerprint density at radius 1 is 1.55 bits per heavy atom. The zero-order valence-electron chi connectivity index (χ0n) is 7.47. The lowest BCUT2D eigenvalue weighted by molar-refractivity contribution is 0.359. The predicted octanol–water partition coefficient (Wildman–Crippen LogP) is 3.39. The van der Waals surface area contributed by atoms with E-state index in [1.807, 2.05) is 0 Å². The van der Waals surface area contributed by atoms with Crippen molar-refractivity contribution in [1.82, 2.24) is 0 Å². The Kier molecular flexibility index (Phi) is 1.59. The van der Waals surface area contributed by atoms with E-state index < -0.39 is 0 Å². The first kappa shape index (κ1) is 7.39. The maximum atomic E-state index is 3.83. The number of hydrogen-bond donors (Lipinski definition) is 0. The average molecular weight is 150 g/mol. The molecule has 2 aliphatic carbocycles. The van der Waals surface area contributed by atoms with Gasteiger partial charge in [-0.05, 0) is 36.5 Å². The Balaban J connectivity index is 2.00. The molecule has 3 unspecified atom stereocenters. The van der Waals surface area contributed by atoms with Crippen molar-refractivity contribution in [2.45, 2.75) is 39.0 Å². The van der Waals surface area contributed by atoms with Gasteiger partial charge in [0, 0.05) is 0 Å². The first-order chi connectivity index (χ1) is 5.29.